The molecule has 0 aliphatic carbocycles. The van der Waals surface area contributed by atoms with Crippen molar-refractivity contribution in [2.45, 2.75) is 0 Å². The molecule has 4 aromatic heterocycles. The predicted molar refractivity (Wildman–Crippen MR) is 270 cm³/mol. The van der Waals surface area contributed by atoms with E-state index < -0.39 is 0 Å². The van der Waals surface area contributed by atoms with E-state index in [1.54, 1.807) is 0 Å². The summed E-state index contributed by atoms with van der Waals surface area (Å²) in [5, 5.41) is 9.37. The van der Waals surface area contributed by atoms with E-state index in [0.717, 1.165) is 77.9 Å². The van der Waals surface area contributed by atoms with Crippen LogP contribution in [0.4, 0.5) is 0 Å². The summed E-state index contributed by atoms with van der Waals surface area (Å²) in [6.45, 7) is 0. The first-order valence-electron chi connectivity index (χ1n) is 22.2. The molecule has 0 fully saturated rings. The highest BCUT2D eigenvalue weighted by Gasteiger charge is 2.22. The van der Waals surface area contributed by atoms with E-state index in [-0.39, 0.29) is 0 Å². The molecular formula is C60H38N4O. The Bertz CT molecular complexity index is 4170. The highest BCUT2D eigenvalue weighted by molar-refractivity contribution is 6.16. The van der Waals surface area contributed by atoms with Crippen molar-refractivity contribution >= 4 is 87.2 Å². The van der Waals surface area contributed by atoms with Crippen LogP contribution in [-0.4, -0.2) is 18.3 Å². The van der Waals surface area contributed by atoms with Crippen LogP contribution in [0, 0.1) is 0 Å². The average molecular weight is 831 g/mol. The lowest BCUT2D eigenvalue weighted by Gasteiger charge is -2.13. The third-order valence-corrected chi connectivity index (χ3v) is 13.4. The molecule has 10 aromatic carbocycles. The molecule has 0 unspecified atom stereocenters. The van der Waals surface area contributed by atoms with Crippen LogP contribution >= 0.6 is 0 Å². The molecule has 5 heteroatoms. The minimum atomic E-state index is 0.815. The van der Waals surface area contributed by atoms with E-state index >= 15 is 0 Å². The van der Waals surface area contributed by atoms with Crippen molar-refractivity contribution in [3.8, 4) is 34.2 Å². The van der Waals surface area contributed by atoms with Crippen molar-refractivity contribution < 1.29 is 4.74 Å². The van der Waals surface area contributed by atoms with E-state index in [1.807, 2.05) is 0 Å². The van der Waals surface area contributed by atoms with Crippen molar-refractivity contribution in [1.29, 1.82) is 0 Å². The van der Waals surface area contributed by atoms with Gasteiger partial charge in [0, 0.05) is 55.1 Å². The van der Waals surface area contributed by atoms with Gasteiger partial charge in [-0.2, -0.15) is 0 Å². The first-order chi connectivity index (χ1) is 32.3. The maximum Gasteiger partial charge on any atom is 0.137 e. The van der Waals surface area contributed by atoms with Crippen molar-refractivity contribution in [3.05, 3.63) is 231 Å². The Morgan fingerprint density at radius 3 is 1.08 bits per heavy atom. The number of aromatic nitrogens is 4. The molecule has 0 saturated heterocycles. The number of ether oxygens (including phenoxy) is 1. The van der Waals surface area contributed by atoms with E-state index in [4.69, 9.17) is 4.74 Å². The van der Waals surface area contributed by atoms with Crippen molar-refractivity contribution in [3.63, 3.8) is 0 Å². The molecule has 14 aromatic rings. The zero-order valence-corrected chi connectivity index (χ0v) is 35.1. The normalized spacial score (nSPS) is 12.0. The second-order valence-electron chi connectivity index (χ2n) is 16.9. The molecule has 65 heavy (non-hydrogen) atoms. The predicted octanol–water partition coefficient (Wildman–Crippen LogP) is 15.9. The van der Waals surface area contributed by atoms with Gasteiger partial charge >= 0.3 is 0 Å². The molecule has 0 radical (unpaired) electrons. The summed E-state index contributed by atoms with van der Waals surface area (Å²) >= 11 is 0. The maximum atomic E-state index is 7.24. The van der Waals surface area contributed by atoms with Crippen LogP contribution in [-0.2, 0) is 0 Å². The standard InChI is InChI=1S/C60H38N4O/c1-2-17-39(18-3-1)61-51-28-11-6-23-45(51)48-38-42(35-36-54(48)61)64-53-30-13-8-25-47(53)60-56(64)32-16-34-58(60)65-57-33-15-31-55-59(57)46-24-7-12-29-52(46)63(55)41-20-14-19-40(37-41)62-49-26-9-4-21-43(49)44-22-5-10-27-50(44)62/h1-38H. The molecule has 4 heterocycles. The third-order valence-electron chi connectivity index (χ3n) is 13.4. The van der Waals surface area contributed by atoms with Gasteiger partial charge in [-0.1, -0.05) is 127 Å². The summed E-state index contributed by atoms with van der Waals surface area (Å²) in [5.41, 5.74) is 13.6. The molecule has 0 saturated carbocycles. The van der Waals surface area contributed by atoms with Crippen LogP contribution in [0.15, 0.2) is 231 Å². The summed E-state index contributed by atoms with van der Waals surface area (Å²) in [4.78, 5) is 0. The molecule has 0 aliphatic heterocycles. The van der Waals surface area contributed by atoms with Crippen LogP contribution in [0.3, 0.4) is 0 Å². The summed E-state index contributed by atoms with van der Waals surface area (Å²) in [5.74, 6) is 1.63. The fraction of sp³-hybridized carbons (Fsp3) is 0. The van der Waals surface area contributed by atoms with Gasteiger partial charge in [-0.3, -0.25) is 0 Å². The number of fused-ring (bicyclic) bond motifs is 12. The topological polar surface area (TPSA) is 28.9 Å². The first kappa shape index (κ1) is 35.8. The largest absolute Gasteiger partial charge is 0.456 e. The number of rotatable bonds is 6. The van der Waals surface area contributed by atoms with E-state index in [2.05, 4.69) is 249 Å². The smallest absolute Gasteiger partial charge is 0.137 e. The van der Waals surface area contributed by atoms with Crippen LogP contribution in [0.25, 0.3) is 110 Å². The van der Waals surface area contributed by atoms with Gasteiger partial charge in [0.1, 0.15) is 11.5 Å². The van der Waals surface area contributed by atoms with Gasteiger partial charge in [0.15, 0.2) is 0 Å². The number of hydrogen-bond acceptors (Lipinski definition) is 1. The maximum absolute atomic E-state index is 7.24. The Morgan fingerprint density at radius 2 is 0.554 bits per heavy atom. The highest BCUT2D eigenvalue weighted by Crippen LogP contribution is 2.45. The molecule has 0 spiro atoms. The SMILES string of the molecule is c1ccc(-n2c3ccccc3c3cc(-n4c5ccccc5c5c(Oc6cccc7c6c6ccccc6n7-c6cccc(-n7c8ccccc8c8ccccc87)c6)cccc54)ccc32)cc1. The first-order valence-corrected chi connectivity index (χ1v) is 22.2. The zero-order chi connectivity index (χ0) is 42.6. The Hall–Kier alpha value is -8.80. The van der Waals surface area contributed by atoms with Gasteiger partial charge in [0.2, 0.25) is 0 Å². The Labute approximate surface area is 373 Å². The molecule has 0 aliphatic rings. The third kappa shape index (κ3) is 5.21. The molecule has 0 bridgehead atoms. The number of para-hydroxylation sites is 6. The van der Waals surface area contributed by atoms with Crippen molar-refractivity contribution in [1.82, 2.24) is 18.3 Å². The fourth-order valence-electron chi connectivity index (χ4n) is 10.7. The van der Waals surface area contributed by atoms with Crippen LogP contribution in [0.5, 0.6) is 11.5 Å². The van der Waals surface area contributed by atoms with E-state index in [9.17, 15) is 0 Å². The quantitative estimate of drug-likeness (QED) is 0.164. The van der Waals surface area contributed by atoms with Gasteiger partial charge in [-0.25, -0.2) is 0 Å². The molecule has 5 nitrogen and oxygen atoms in total. The van der Waals surface area contributed by atoms with Crippen molar-refractivity contribution in [2.75, 3.05) is 0 Å². The van der Waals surface area contributed by atoms with E-state index in [1.165, 1.54) is 43.6 Å². The Morgan fingerprint density at radius 1 is 0.215 bits per heavy atom. The number of nitrogens with zero attached hydrogens (tertiary/aromatic N) is 4. The monoisotopic (exact) mass is 830 g/mol. The van der Waals surface area contributed by atoms with Crippen LogP contribution in [0.1, 0.15) is 0 Å². The molecular weight excluding hydrogens is 793 g/mol. The summed E-state index contributed by atoms with van der Waals surface area (Å²) in [6, 6.07) is 82.8. The second-order valence-corrected chi connectivity index (χ2v) is 16.9. The van der Waals surface area contributed by atoms with Crippen LogP contribution in [0.2, 0.25) is 0 Å². The van der Waals surface area contributed by atoms with Crippen molar-refractivity contribution in [2.24, 2.45) is 0 Å². The lowest BCUT2D eigenvalue weighted by atomic mass is 10.1. The average Bonchev–Trinajstić information content (AvgIpc) is 4.10. The van der Waals surface area contributed by atoms with Gasteiger partial charge in [0.05, 0.1) is 54.9 Å². The van der Waals surface area contributed by atoms with E-state index in [0.29, 0.717) is 0 Å². The minimum absolute atomic E-state index is 0.815. The van der Waals surface area contributed by atoms with Crippen LogP contribution < -0.4 is 4.74 Å². The van der Waals surface area contributed by atoms with Gasteiger partial charge < -0.3 is 23.0 Å². The lowest BCUT2D eigenvalue weighted by molar-refractivity contribution is 0.495. The number of hydrogen-bond donors (Lipinski definition) is 0. The van der Waals surface area contributed by atoms with Gasteiger partial charge in [-0.05, 0) is 103 Å². The lowest BCUT2D eigenvalue weighted by Crippen LogP contribution is -1.98. The Kier molecular flexibility index (Phi) is 7.62. The summed E-state index contributed by atoms with van der Waals surface area (Å²) in [7, 11) is 0. The molecule has 0 atom stereocenters. The zero-order valence-electron chi connectivity index (χ0n) is 35.1. The minimum Gasteiger partial charge on any atom is -0.456 e. The second kappa shape index (κ2) is 13.9. The molecule has 0 amide bonds. The molecule has 0 N–H and O–H groups in total. The summed E-state index contributed by atoms with van der Waals surface area (Å²) < 4.78 is 16.8. The molecule has 304 valence electrons. The molecule has 14 rings (SSSR count). The Balaban J connectivity index is 0.933. The van der Waals surface area contributed by atoms with Gasteiger partial charge in [0.25, 0.3) is 0 Å². The number of benzene rings is 10. The highest BCUT2D eigenvalue weighted by atomic mass is 16.5. The fourth-order valence-corrected chi connectivity index (χ4v) is 10.7. The van der Waals surface area contributed by atoms with Gasteiger partial charge in [-0.15, -0.1) is 0 Å². The summed E-state index contributed by atoms with van der Waals surface area (Å²) in [6.07, 6.45) is 0.